The number of hydrogen-bond acceptors (Lipinski definition) is 4. The third-order valence-corrected chi connectivity index (χ3v) is 3.99. The highest BCUT2D eigenvalue weighted by molar-refractivity contribution is 7.99. The monoisotopic (exact) mass is 307 g/mol. The fourth-order valence-corrected chi connectivity index (χ4v) is 2.74. The van der Waals surface area contributed by atoms with Crippen molar-refractivity contribution in [2.75, 3.05) is 12.3 Å². The summed E-state index contributed by atoms with van der Waals surface area (Å²) >= 11 is 7.28. The molecule has 2 aromatic carbocycles. The summed E-state index contributed by atoms with van der Waals surface area (Å²) in [6, 6.07) is 12.6. The number of anilines is 1. The summed E-state index contributed by atoms with van der Waals surface area (Å²) in [5.41, 5.74) is 7.01. The molecule has 0 aliphatic heterocycles. The Hall–Kier alpha value is -1.65. The van der Waals surface area contributed by atoms with Crippen LogP contribution in [0.15, 0.2) is 52.3 Å². The number of halogens is 1. The maximum Gasteiger partial charge on any atom is 0.339 e. The van der Waals surface area contributed by atoms with E-state index < -0.39 is 0 Å². The van der Waals surface area contributed by atoms with Crippen LogP contribution < -0.4 is 5.73 Å². The number of carbonyl (C=O) groups is 1. The molecule has 0 saturated heterocycles. The zero-order valence-corrected chi connectivity index (χ0v) is 12.5. The van der Waals surface area contributed by atoms with E-state index in [0.29, 0.717) is 27.8 Å². The van der Waals surface area contributed by atoms with Crippen molar-refractivity contribution < 1.29 is 9.53 Å². The Labute approximate surface area is 127 Å². The molecular formula is C15H14ClNO2S. The second-order valence-electron chi connectivity index (χ2n) is 4.00. The van der Waals surface area contributed by atoms with Crippen molar-refractivity contribution in [1.82, 2.24) is 0 Å². The maximum absolute atomic E-state index is 11.9. The lowest BCUT2D eigenvalue weighted by atomic mass is 10.2. The zero-order chi connectivity index (χ0) is 14.5. The van der Waals surface area contributed by atoms with Crippen LogP contribution in [0.2, 0.25) is 5.02 Å². The van der Waals surface area contributed by atoms with Crippen molar-refractivity contribution in [2.24, 2.45) is 0 Å². The van der Waals surface area contributed by atoms with E-state index in [0.717, 1.165) is 4.90 Å². The van der Waals surface area contributed by atoms with Crippen LogP contribution in [-0.2, 0) is 4.74 Å². The van der Waals surface area contributed by atoms with Crippen molar-refractivity contribution in [3.8, 4) is 0 Å². The first-order valence-electron chi connectivity index (χ1n) is 6.11. The molecule has 0 unspecified atom stereocenters. The highest BCUT2D eigenvalue weighted by atomic mass is 35.5. The average molecular weight is 308 g/mol. The fourth-order valence-electron chi connectivity index (χ4n) is 1.66. The normalized spacial score (nSPS) is 10.3. The second-order valence-corrected chi connectivity index (χ2v) is 5.52. The van der Waals surface area contributed by atoms with Gasteiger partial charge in [0.1, 0.15) is 0 Å². The molecule has 2 N–H and O–H groups in total. The van der Waals surface area contributed by atoms with E-state index in [-0.39, 0.29) is 5.97 Å². The van der Waals surface area contributed by atoms with Gasteiger partial charge < -0.3 is 10.5 Å². The Balaban J connectivity index is 2.34. The summed E-state index contributed by atoms with van der Waals surface area (Å²) in [5, 5.41) is 0.668. The molecule has 0 amide bonds. The summed E-state index contributed by atoms with van der Waals surface area (Å²) in [6.07, 6.45) is 0. The molecule has 0 saturated carbocycles. The Morgan fingerprint density at radius 3 is 2.60 bits per heavy atom. The Kier molecular flexibility index (Phi) is 4.93. The van der Waals surface area contributed by atoms with Crippen molar-refractivity contribution in [2.45, 2.75) is 16.7 Å². The third kappa shape index (κ3) is 3.46. The molecule has 0 fully saturated rings. The summed E-state index contributed by atoms with van der Waals surface area (Å²) in [4.78, 5) is 13.6. The smallest absolute Gasteiger partial charge is 0.339 e. The first-order valence-corrected chi connectivity index (χ1v) is 7.30. The van der Waals surface area contributed by atoms with Gasteiger partial charge in [-0.15, -0.1) is 0 Å². The number of ether oxygens (including phenoxy) is 1. The molecule has 0 heterocycles. The standard InChI is InChI=1S/C15H14ClNO2S/c1-2-19-15(18)12-4-3-5-13(17)14(12)20-11-8-6-10(16)7-9-11/h3-9H,2,17H2,1H3. The van der Waals surface area contributed by atoms with Gasteiger partial charge in [0.15, 0.2) is 0 Å². The van der Waals surface area contributed by atoms with Gasteiger partial charge in [-0.05, 0) is 43.3 Å². The van der Waals surface area contributed by atoms with E-state index in [1.165, 1.54) is 11.8 Å². The predicted molar refractivity (Wildman–Crippen MR) is 82.4 cm³/mol. The van der Waals surface area contributed by atoms with Crippen molar-refractivity contribution in [3.05, 3.63) is 53.1 Å². The number of carbonyl (C=O) groups excluding carboxylic acids is 1. The molecule has 5 heteroatoms. The van der Waals surface area contributed by atoms with Crippen molar-refractivity contribution in [3.63, 3.8) is 0 Å². The van der Waals surface area contributed by atoms with Gasteiger partial charge in [0.05, 0.1) is 12.2 Å². The molecule has 3 nitrogen and oxygen atoms in total. The predicted octanol–water partition coefficient (Wildman–Crippen LogP) is 4.25. The van der Waals surface area contributed by atoms with Crippen LogP contribution in [0.5, 0.6) is 0 Å². The Bertz CT molecular complexity index is 614. The molecule has 0 aliphatic carbocycles. The molecule has 0 aliphatic rings. The second kappa shape index (κ2) is 6.68. The lowest BCUT2D eigenvalue weighted by molar-refractivity contribution is 0.0522. The zero-order valence-electron chi connectivity index (χ0n) is 10.9. The lowest BCUT2D eigenvalue weighted by Gasteiger charge is -2.11. The summed E-state index contributed by atoms with van der Waals surface area (Å²) in [7, 11) is 0. The van der Waals surface area contributed by atoms with E-state index in [4.69, 9.17) is 22.1 Å². The number of esters is 1. The van der Waals surface area contributed by atoms with Gasteiger partial charge in [0.2, 0.25) is 0 Å². The minimum Gasteiger partial charge on any atom is -0.462 e. The van der Waals surface area contributed by atoms with Crippen LogP contribution in [0.4, 0.5) is 5.69 Å². The number of nitrogen functional groups attached to an aromatic ring is 1. The topological polar surface area (TPSA) is 52.3 Å². The molecule has 0 bridgehead atoms. The maximum atomic E-state index is 11.9. The van der Waals surface area contributed by atoms with Gasteiger partial charge in [0, 0.05) is 20.5 Å². The molecule has 2 aromatic rings. The van der Waals surface area contributed by atoms with E-state index in [9.17, 15) is 4.79 Å². The Morgan fingerprint density at radius 2 is 1.95 bits per heavy atom. The minimum atomic E-state index is -0.365. The van der Waals surface area contributed by atoms with Crippen LogP contribution >= 0.6 is 23.4 Å². The van der Waals surface area contributed by atoms with Crippen LogP contribution in [0.1, 0.15) is 17.3 Å². The Morgan fingerprint density at radius 1 is 1.25 bits per heavy atom. The first kappa shape index (κ1) is 14.8. The minimum absolute atomic E-state index is 0.332. The quantitative estimate of drug-likeness (QED) is 0.677. The SMILES string of the molecule is CCOC(=O)c1cccc(N)c1Sc1ccc(Cl)cc1. The van der Waals surface area contributed by atoms with Crippen LogP contribution in [-0.4, -0.2) is 12.6 Å². The van der Waals surface area contributed by atoms with E-state index in [2.05, 4.69) is 0 Å². The highest BCUT2D eigenvalue weighted by Gasteiger charge is 2.15. The summed E-state index contributed by atoms with van der Waals surface area (Å²) < 4.78 is 5.05. The van der Waals surface area contributed by atoms with Gasteiger partial charge in [0.25, 0.3) is 0 Å². The third-order valence-electron chi connectivity index (χ3n) is 2.57. The average Bonchev–Trinajstić information content (AvgIpc) is 2.43. The fraction of sp³-hybridized carbons (Fsp3) is 0.133. The molecule has 20 heavy (non-hydrogen) atoms. The van der Waals surface area contributed by atoms with Gasteiger partial charge in [-0.2, -0.15) is 0 Å². The number of rotatable bonds is 4. The molecule has 0 atom stereocenters. The molecular weight excluding hydrogens is 294 g/mol. The van der Waals surface area contributed by atoms with Crippen molar-refractivity contribution >= 4 is 35.0 Å². The molecule has 0 aromatic heterocycles. The summed E-state index contributed by atoms with van der Waals surface area (Å²) in [6.45, 7) is 2.11. The molecule has 0 spiro atoms. The van der Waals surface area contributed by atoms with E-state index in [1.807, 2.05) is 12.1 Å². The van der Waals surface area contributed by atoms with Gasteiger partial charge in [-0.1, -0.05) is 29.4 Å². The van der Waals surface area contributed by atoms with Crippen LogP contribution in [0, 0.1) is 0 Å². The van der Waals surface area contributed by atoms with Crippen molar-refractivity contribution in [1.29, 1.82) is 0 Å². The van der Waals surface area contributed by atoms with E-state index in [1.54, 1.807) is 37.3 Å². The largest absolute Gasteiger partial charge is 0.462 e. The number of benzene rings is 2. The number of nitrogens with two attached hydrogens (primary N) is 1. The van der Waals surface area contributed by atoms with E-state index >= 15 is 0 Å². The molecule has 0 radical (unpaired) electrons. The van der Waals surface area contributed by atoms with Gasteiger partial charge >= 0.3 is 5.97 Å². The number of hydrogen-bond donors (Lipinski definition) is 1. The van der Waals surface area contributed by atoms with Crippen LogP contribution in [0.25, 0.3) is 0 Å². The van der Waals surface area contributed by atoms with Gasteiger partial charge in [-0.3, -0.25) is 0 Å². The van der Waals surface area contributed by atoms with Gasteiger partial charge in [-0.25, -0.2) is 4.79 Å². The highest BCUT2D eigenvalue weighted by Crippen LogP contribution is 2.35. The summed E-state index contributed by atoms with van der Waals surface area (Å²) in [5.74, 6) is -0.365. The van der Waals surface area contributed by atoms with Crippen LogP contribution in [0.3, 0.4) is 0 Å². The first-order chi connectivity index (χ1) is 9.61. The molecule has 104 valence electrons. The lowest BCUT2D eigenvalue weighted by Crippen LogP contribution is -2.07. The molecule has 2 rings (SSSR count).